The number of amides is 1. The van der Waals surface area contributed by atoms with Gasteiger partial charge in [0.05, 0.1) is 22.9 Å². The Balaban J connectivity index is 1.96. The molecule has 0 atom stereocenters. The zero-order chi connectivity index (χ0) is 18.9. The van der Waals surface area contributed by atoms with Crippen LogP contribution in [-0.2, 0) is 14.8 Å². The number of hydrogen-bond acceptors (Lipinski definition) is 4. The molecule has 1 saturated heterocycles. The van der Waals surface area contributed by atoms with E-state index in [1.54, 1.807) is 31.2 Å². The quantitative estimate of drug-likeness (QED) is 0.806. The number of benzene rings is 2. The zero-order valence-electron chi connectivity index (χ0n) is 13.9. The second kappa shape index (κ2) is 7.34. The monoisotopic (exact) mass is 413 g/mol. The van der Waals surface area contributed by atoms with Crippen molar-refractivity contribution < 1.29 is 13.2 Å². The summed E-state index contributed by atoms with van der Waals surface area (Å²) in [5.41, 5.74) is 1.62. The highest BCUT2D eigenvalue weighted by Crippen LogP contribution is 2.32. The molecular weight excluding hydrogens is 397 g/mol. The van der Waals surface area contributed by atoms with Crippen LogP contribution >= 0.6 is 23.2 Å². The van der Waals surface area contributed by atoms with Crippen LogP contribution in [0.15, 0.2) is 41.3 Å². The minimum Gasteiger partial charge on any atom is -0.359 e. The molecule has 2 aromatic carbocycles. The smallest absolute Gasteiger partial charge is 0.263 e. The lowest BCUT2D eigenvalue weighted by atomic mass is 10.2. The van der Waals surface area contributed by atoms with E-state index in [1.807, 2.05) is 4.90 Å². The van der Waals surface area contributed by atoms with Gasteiger partial charge in [0.1, 0.15) is 4.90 Å². The van der Waals surface area contributed by atoms with Crippen molar-refractivity contribution in [1.82, 2.24) is 5.32 Å². The summed E-state index contributed by atoms with van der Waals surface area (Å²) in [5, 5.41) is 3.19. The van der Waals surface area contributed by atoms with Crippen molar-refractivity contribution in [2.45, 2.75) is 11.8 Å². The molecular formula is C17H17Cl2N3O3S. The molecule has 26 heavy (non-hydrogen) atoms. The Kier molecular flexibility index (Phi) is 5.32. The number of hydrogen-bond donors (Lipinski definition) is 2. The van der Waals surface area contributed by atoms with Gasteiger partial charge >= 0.3 is 0 Å². The van der Waals surface area contributed by atoms with Gasteiger partial charge in [-0.15, -0.1) is 0 Å². The van der Waals surface area contributed by atoms with E-state index in [-0.39, 0.29) is 22.4 Å². The first-order valence-electron chi connectivity index (χ1n) is 7.87. The fourth-order valence-electron chi connectivity index (χ4n) is 2.72. The number of carbonyl (C=O) groups excluding carboxylic acids is 1. The summed E-state index contributed by atoms with van der Waals surface area (Å²) in [6.45, 7) is 2.96. The maximum atomic E-state index is 12.8. The van der Waals surface area contributed by atoms with Crippen LogP contribution in [0.1, 0.15) is 5.56 Å². The van der Waals surface area contributed by atoms with Gasteiger partial charge in [-0.3, -0.25) is 9.52 Å². The van der Waals surface area contributed by atoms with Gasteiger partial charge in [0.15, 0.2) is 0 Å². The van der Waals surface area contributed by atoms with Gasteiger partial charge in [-0.2, -0.15) is 0 Å². The fraction of sp³-hybridized carbons (Fsp3) is 0.235. The summed E-state index contributed by atoms with van der Waals surface area (Å²) < 4.78 is 28.3. The van der Waals surface area contributed by atoms with Crippen molar-refractivity contribution in [1.29, 1.82) is 0 Å². The molecule has 0 spiro atoms. The number of carbonyl (C=O) groups is 1. The van der Waals surface area contributed by atoms with Crippen molar-refractivity contribution in [3.05, 3.63) is 52.0 Å². The minimum absolute atomic E-state index is 0.0444. The summed E-state index contributed by atoms with van der Waals surface area (Å²) in [6, 6.07) is 9.78. The van der Waals surface area contributed by atoms with E-state index in [0.717, 1.165) is 0 Å². The lowest BCUT2D eigenvalue weighted by Crippen LogP contribution is -2.47. The Morgan fingerprint density at radius 1 is 1.15 bits per heavy atom. The summed E-state index contributed by atoms with van der Waals surface area (Å²) in [4.78, 5) is 13.4. The molecule has 0 unspecified atom stereocenters. The minimum atomic E-state index is -3.93. The van der Waals surface area contributed by atoms with Gasteiger partial charge in [0.2, 0.25) is 5.91 Å². The molecule has 2 aromatic rings. The normalized spacial score (nSPS) is 14.9. The predicted octanol–water partition coefficient (Wildman–Crippen LogP) is 3.04. The van der Waals surface area contributed by atoms with Crippen LogP contribution in [-0.4, -0.2) is 34.0 Å². The van der Waals surface area contributed by atoms with Crippen LogP contribution in [0.25, 0.3) is 0 Å². The molecule has 0 radical (unpaired) electrons. The summed E-state index contributed by atoms with van der Waals surface area (Å²) >= 11 is 12.1. The Hall–Kier alpha value is -1.96. The van der Waals surface area contributed by atoms with Gasteiger partial charge < -0.3 is 10.2 Å². The number of aryl methyl sites for hydroxylation is 1. The van der Waals surface area contributed by atoms with Crippen molar-refractivity contribution >= 4 is 50.5 Å². The molecule has 138 valence electrons. The maximum Gasteiger partial charge on any atom is 0.263 e. The number of para-hydroxylation sites is 2. The highest BCUT2D eigenvalue weighted by molar-refractivity contribution is 7.92. The molecule has 1 aliphatic heterocycles. The van der Waals surface area contributed by atoms with Crippen LogP contribution in [0.4, 0.5) is 11.4 Å². The molecule has 6 nitrogen and oxygen atoms in total. The average molecular weight is 414 g/mol. The number of piperazine rings is 1. The lowest BCUT2D eigenvalue weighted by molar-refractivity contribution is -0.120. The molecule has 0 aliphatic carbocycles. The highest BCUT2D eigenvalue weighted by atomic mass is 35.5. The lowest BCUT2D eigenvalue weighted by Gasteiger charge is -2.30. The molecule has 0 saturated carbocycles. The fourth-order valence-corrected chi connectivity index (χ4v) is 4.62. The van der Waals surface area contributed by atoms with Crippen LogP contribution < -0.4 is 14.9 Å². The van der Waals surface area contributed by atoms with E-state index in [2.05, 4.69) is 10.0 Å². The first-order valence-corrected chi connectivity index (χ1v) is 10.1. The van der Waals surface area contributed by atoms with Gasteiger partial charge in [-0.25, -0.2) is 8.42 Å². The number of sulfonamides is 1. The molecule has 1 heterocycles. The molecule has 9 heteroatoms. The van der Waals surface area contributed by atoms with E-state index in [0.29, 0.717) is 35.1 Å². The third kappa shape index (κ3) is 3.90. The summed E-state index contributed by atoms with van der Waals surface area (Å²) in [5.74, 6) is -0.106. The largest absolute Gasteiger partial charge is 0.359 e. The van der Waals surface area contributed by atoms with Crippen molar-refractivity contribution in [2.24, 2.45) is 0 Å². The number of nitrogens with one attached hydrogen (secondary N) is 2. The van der Waals surface area contributed by atoms with E-state index in [1.165, 1.54) is 12.1 Å². The molecule has 2 N–H and O–H groups in total. The number of anilines is 2. The van der Waals surface area contributed by atoms with Gasteiger partial charge in [-0.1, -0.05) is 35.3 Å². The predicted molar refractivity (Wildman–Crippen MR) is 104 cm³/mol. The van der Waals surface area contributed by atoms with E-state index in [4.69, 9.17) is 23.2 Å². The van der Waals surface area contributed by atoms with Crippen molar-refractivity contribution in [3.63, 3.8) is 0 Å². The Labute approximate surface area is 162 Å². The first kappa shape index (κ1) is 18.8. The van der Waals surface area contributed by atoms with Crippen LogP contribution in [0.5, 0.6) is 0 Å². The second-order valence-corrected chi connectivity index (χ2v) is 8.39. The van der Waals surface area contributed by atoms with Crippen LogP contribution in [0.2, 0.25) is 10.0 Å². The molecule has 1 fully saturated rings. The molecule has 1 aliphatic rings. The highest BCUT2D eigenvalue weighted by Gasteiger charge is 2.23. The van der Waals surface area contributed by atoms with Crippen molar-refractivity contribution in [2.75, 3.05) is 29.3 Å². The molecule has 0 bridgehead atoms. The summed E-state index contributed by atoms with van der Waals surface area (Å²) in [6.07, 6.45) is 0. The standard InChI is InChI=1S/C17H17Cl2N3O3S/c1-11-8-16(13(19)9-12(11)18)26(24,25)21-14-4-2-3-5-15(14)22-7-6-20-17(23)10-22/h2-5,8-9,21H,6-7,10H2,1H3,(H,20,23). The Bertz CT molecular complexity index is 964. The van der Waals surface area contributed by atoms with Crippen LogP contribution in [0.3, 0.4) is 0 Å². The number of halogens is 2. The average Bonchev–Trinajstić information content (AvgIpc) is 2.58. The summed E-state index contributed by atoms with van der Waals surface area (Å²) in [7, 11) is -3.93. The number of rotatable bonds is 4. The van der Waals surface area contributed by atoms with E-state index >= 15 is 0 Å². The Morgan fingerprint density at radius 3 is 2.62 bits per heavy atom. The number of nitrogens with zero attached hydrogens (tertiary/aromatic N) is 1. The zero-order valence-corrected chi connectivity index (χ0v) is 16.2. The van der Waals surface area contributed by atoms with E-state index in [9.17, 15) is 13.2 Å². The Morgan fingerprint density at radius 2 is 1.88 bits per heavy atom. The van der Waals surface area contributed by atoms with Crippen molar-refractivity contribution in [3.8, 4) is 0 Å². The van der Waals surface area contributed by atoms with Gasteiger partial charge in [-0.05, 0) is 36.8 Å². The second-order valence-electron chi connectivity index (χ2n) is 5.93. The van der Waals surface area contributed by atoms with Gasteiger partial charge in [0.25, 0.3) is 10.0 Å². The third-order valence-electron chi connectivity index (χ3n) is 4.03. The molecule has 1 amide bonds. The van der Waals surface area contributed by atoms with Crippen LogP contribution in [0, 0.1) is 6.92 Å². The topological polar surface area (TPSA) is 78.5 Å². The molecule has 0 aromatic heterocycles. The maximum absolute atomic E-state index is 12.8. The SMILES string of the molecule is Cc1cc(S(=O)(=O)Nc2ccccc2N2CCNC(=O)C2)c(Cl)cc1Cl. The molecule has 3 rings (SSSR count). The first-order chi connectivity index (χ1) is 12.3. The third-order valence-corrected chi connectivity index (χ3v) is 6.27. The van der Waals surface area contributed by atoms with Gasteiger partial charge in [0, 0.05) is 18.1 Å². The van der Waals surface area contributed by atoms with E-state index < -0.39 is 10.0 Å².